The fraction of sp³-hybridized carbons (Fsp3) is 0.167. The van der Waals surface area contributed by atoms with Gasteiger partial charge in [-0.2, -0.15) is 0 Å². The molecule has 1 aromatic heterocycles. The van der Waals surface area contributed by atoms with E-state index in [1.807, 2.05) is 25.1 Å². The molecule has 2 aromatic carbocycles. The molecule has 26 heavy (non-hydrogen) atoms. The van der Waals surface area contributed by atoms with Crippen LogP contribution in [0.5, 0.6) is 11.5 Å². The van der Waals surface area contributed by atoms with Gasteiger partial charge in [-0.1, -0.05) is 17.4 Å². The van der Waals surface area contributed by atoms with Gasteiger partial charge in [-0.15, -0.1) is 0 Å². The molecule has 0 saturated carbocycles. The number of rotatable bonds is 4. The van der Waals surface area contributed by atoms with Gasteiger partial charge in [0, 0.05) is 5.56 Å². The van der Waals surface area contributed by atoms with Crippen molar-refractivity contribution >= 4 is 38.5 Å². The van der Waals surface area contributed by atoms with Crippen molar-refractivity contribution in [3.05, 3.63) is 47.5 Å². The normalized spacial score (nSPS) is 12.2. The van der Waals surface area contributed by atoms with Gasteiger partial charge in [0.1, 0.15) is 0 Å². The summed E-state index contributed by atoms with van der Waals surface area (Å²) in [5.74, 6) is 0.422. The molecule has 7 nitrogen and oxygen atoms in total. The molecule has 0 spiro atoms. The van der Waals surface area contributed by atoms with Crippen LogP contribution in [0.25, 0.3) is 10.2 Å². The van der Waals surface area contributed by atoms with Gasteiger partial charge in [-0.25, -0.2) is 4.98 Å². The van der Waals surface area contributed by atoms with Gasteiger partial charge in [0.05, 0.1) is 16.8 Å². The minimum absolute atomic E-state index is 0.143. The van der Waals surface area contributed by atoms with Gasteiger partial charge in [0.15, 0.2) is 16.6 Å². The summed E-state index contributed by atoms with van der Waals surface area (Å²) in [4.78, 5) is 28.6. The monoisotopic (exact) mass is 369 g/mol. The first kappa shape index (κ1) is 16.3. The van der Waals surface area contributed by atoms with Gasteiger partial charge in [0.25, 0.3) is 5.91 Å². The Morgan fingerprint density at radius 3 is 2.88 bits per heavy atom. The summed E-state index contributed by atoms with van der Waals surface area (Å²) in [6.45, 7) is 2.00. The standard InChI is InChI=1S/C18H15N3O4S/c1-10-2-4-12-15(6-10)26-18(20-12)21-16(22)8-19-17(23)11-3-5-13-14(7-11)25-9-24-13/h2-7H,8-9H2,1H3,(H,19,23)(H,20,21,22). The quantitative estimate of drug-likeness (QED) is 0.738. The number of hydrogen-bond donors (Lipinski definition) is 2. The maximum atomic E-state index is 12.2. The average Bonchev–Trinajstić information content (AvgIpc) is 3.24. The molecule has 1 aliphatic rings. The molecule has 2 N–H and O–H groups in total. The molecule has 8 heteroatoms. The minimum atomic E-state index is -0.363. The predicted molar refractivity (Wildman–Crippen MR) is 97.9 cm³/mol. The van der Waals surface area contributed by atoms with E-state index in [0.29, 0.717) is 22.2 Å². The van der Waals surface area contributed by atoms with E-state index < -0.39 is 0 Å². The number of thiazole rings is 1. The third-order valence-electron chi connectivity index (χ3n) is 3.83. The van der Waals surface area contributed by atoms with E-state index >= 15 is 0 Å². The third-order valence-corrected chi connectivity index (χ3v) is 4.77. The maximum absolute atomic E-state index is 12.2. The van der Waals surface area contributed by atoms with E-state index in [1.54, 1.807) is 18.2 Å². The highest BCUT2D eigenvalue weighted by molar-refractivity contribution is 7.22. The van der Waals surface area contributed by atoms with E-state index in [-0.39, 0.29) is 25.2 Å². The molecule has 3 aromatic rings. The predicted octanol–water partition coefficient (Wildman–Crippen LogP) is 2.70. The highest BCUT2D eigenvalue weighted by Gasteiger charge is 2.17. The second-order valence-electron chi connectivity index (χ2n) is 5.79. The number of nitrogens with zero attached hydrogens (tertiary/aromatic N) is 1. The van der Waals surface area contributed by atoms with E-state index in [1.165, 1.54) is 11.3 Å². The topological polar surface area (TPSA) is 89.6 Å². The van der Waals surface area contributed by atoms with Crippen LogP contribution in [0, 0.1) is 6.92 Å². The lowest BCUT2D eigenvalue weighted by Crippen LogP contribution is -2.32. The number of ether oxygens (including phenoxy) is 2. The molecule has 2 amide bonds. The first-order valence-electron chi connectivity index (χ1n) is 7.93. The summed E-state index contributed by atoms with van der Waals surface area (Å²) in [5.41, 5.74) is 2.37. The summed E-state index contributed by atoms with van der Waals surface area (Å²) in [6, 6.07) is 10.8. The number of carbonyl (C=O) groups is 2. The van der Waals surface area contributed by atoms with Crippen molar-refractivity contribution in [3.63, 3.8) is 0 Å². The molecule has 0 radical (unpaired) electrons. The van der Waals surface area contributed by atoms with E-state index in [0.717, 1.165) is 15.8 Å². The molecule has 132 valence electrons. The molecule has 0 atom stereocenters. The van der Waals surface area contributed by atoms with Gasteiger partial charge < -0.3 is 20.1 Å². The fourth-order valence-corrected chi connectivity index (χ4v) is 3.53. The van der Waals surface area contributed by atoms with Crippen LogP contribution in [-0.2, 0) is 4.79 Å². The second kappa shape index (κ2) is 6.64. The third kappa shape index (κ3) is 3.31. The highest BCUT2D eigenvalue weighted by atomic mass is 32.1. The number of amides is 2. The molecule has 1 aliphatic heterocycles. The van der Waals surface area contributed by atoms with E-state index in [4.69, 9.17) is 9.47 Å². The lowest BCUT2D eigenvalue weighted by atomic mass is 10.2. The Bertz CT molecular complexity index is 1010. The molecule has 0 saturated heterocycles. The SMILES string of the molecule is Cc1ccc2nc(NC(=O)CNC(=O)c3ccc4c(c3)OCO4)sc2c1. The number of aromatic nitrogens is 1. The first-order chi connectivity index (χ1) is 12.6. The Hall–Kier alpha value is -3.13. The smallest absolute Gasteiger partial charge is 0.251 e. The van der Waals surface area contributed by atoms with Crippen molar-refractivity contribution in [2.24, 2.45) is 0 Å². The molecule has 0 unspecified atom stereocenters. The lowest BCUT2D eigenvalue weighted by Gasteiger charge is -2.05. The first-order valence-corrected chi connectivity index (χ1v) is 8.75. The summed E-state index contributed by atoms with van der Waals surface area (Å²) < 4.78 is 11.5. The van der Waals surface area contributed by atoms with Crippen molar-refractivity contribution in [1.29, 1.82) is 0 Å². The van der Waals surface area contributed by atoms with E-state index in [9.17, 15) is 9.59 Å². The minimum Gasteiger partial charge on any atom is -0.454 e. The number of fused-ring (bicyclic) bond motifs is 2. The molecular formula is C18H15N3O4S. The van der Waals surface area contributed by atoms with Crippen molar-refractivity contribution < 1.29 is 19.1 Å². The van der Waals surface area contributed by atoms with E-state index in [2.05, 4.69) is 15.6 Å². The maximum Gasteiger partial charge on any atom is 0.251 e. The average molecular weight is 369 g/mol. The molecule has 0 fully saturated rings. The number of carbonyl (C=O) groups excluding carboxylic acids is 2. The van der Waals surface area contributed by atoms with Crippen LogP contribution in [-0.4, -0.2) is 30.1 Å². The number of benzene rings is 2. The summed E-state index contributed by atoms with van der Waals surface area (Å²) in [7, 11) is 0. The Balaban J connectivity index is 1.36. The van der Waals surface area contributed by atoms with Crippen LogP contribution >= 0.6 is 11.3 Å². The van der Waals surface area contributed by atoms with Crippen LogP contribution in [0.1, 0.15) is 15.9 Å². The van der Waals surface area contributed by atoms with Crippen LogP contribution in [0.4, 0.5) is 5.13 Å². The summed E-state index contributed by atoms with van der Waals surface area (Å²) in [6.07, 6.45) is 0. The largest absolute Gasteiger partial charge is 0.454 e. The Morgan fingerprint density at radius 2 is 2.00 bits per heavy atom. The molecule has 0 aliphatic carbocycles. The molecule has 4 rings (SSSR count). The Labute approximate surface area is 152 Å². The van der Waals surface area contributed by atoms with Crippen LogP contribution < -0.4 is 20.1 Å². The number of anilines is 1. The fourth-order valence-electron chi connectivity index (χ4n) is 2.55. The van der Waals surface area contributed by atoms with Gasteiger partial charge in [-0.05, 0) is 42.8 Å². The van der Waals surface area contributed by atoms with Crippen molar-refractivity contribution in [2.75, 3.05) is 18.7 Å². The van der Waals surface area contributed by atoms with Gasteiger partial charge in [0.2, 0.25) is 12.7 Å². The van der Waals surface area contributed by atoms with Crippen LogP contribution in [0.3, 0.4) is 0 Å². The molecule has 2 heterocycles. The summed E-state index contributed by atoms with van der Waals surface area (Å²) in [5, 5.41) is 5.80. The zero-order valence-electron chi connectivity index (χ0n) is 13.9. The summed E-state index contributed by atoms with van der Waals surface area (Å²) >= 11 is 1.40. The van der Waals surface area contributed by atoms with Crippen LogP contribution in [0.2, 0.25) is 0 Å². The second-order valence-corrected chi connectivity index (χ2v) is 6.82. The van der Waals surface area contributed by atoms with Crippen molar-refractivity contribution in [1.82, 2.24) is 10.3 Å². The van der Waals surface area contributed by atoms with Gasteiger partial charge >= 0.3 is 0 Å². The van der Waals surface area contributed by atoms with Gasteiger partial charge in [-0.3, -0.25) is 9.59 Å². The zero-order valence-corrected chi connectivity index (χ0v) is 14.7. The molecular weight excluding hydrogens is 354 g/mol. The zero-order chi connectivity index (χ0) is 18.1. The Morgan fingerprint density at radius 1 is 1.15 bits per heavy atom. The molecule has 0 bridgehead atoms. The number of hydrogen-bond acceptors (Lipinski definition) is 6. The Kier molecular flexibility index (Phi) is 4.18. The van der Waals surface area contributed by atoms with Crippen molar-refractivity contribution in [3.8, 4) is 11.5 Å². The van der Waals surface area contributed by atoms with Crippen LogP contribution in [0.15, 0.2) is 36.4 Å². The van der Waals surface area contributed by atoms with Crippen molar-refractivity contribution in [2.45, 2.75) is 6.92 Å². The lowest BCUT2D eigenvalue weighted by molar-refractivity contribution is -0.115. The number of nitrogens with one attached hydrogen (secondary N) is 2. The number of aryl methyl sites for hydroxylation is 1. The highest BCUT2D eigenvalue weighted by Crippen LogP contribution is 2.32.